The first kappa shape index (κ1) is 17.2. The molecule has 0 fully saturated rings. The van der Waals surface area contributed by atoms with Crippen molar-refractivity contribution in [3.8, 4) is 0 Å². The van der Waals surface area contributed by atoms with Gasteiger partial charge in [-0.1, -0.05) is 17.7 Å². The molecule has 4 N–H and O–H groups in total. The predicted molar refractivity (Wildman–Crippen MR) is 78.3 cm³/mol. The zero-order chi connectivity index (χ0) is 16.0. The predicted octanol–water partition coefficient (Wildman–Crippen LogP) is 0.709. The number of hydrogen-bond donors (Lipinski definition) is 4. The van der Waals surface area contributed by atoms with Crippen LogP contribution < -0.4 is 15.4 Å². The van der Waals surface area contributed by atoms with E-state index in [2.05, 4.69) is 15.4 Å². The van der Waals surface area contributed by atoms with Crippen molar-refractivity contribution in [2.75, 3.05) is 24.7 Å². The molecule has 0 aliphatic heterocycles. The van der Waals surface area contributed by atoms with Crippen molar-refractivity contribution in [1.29, 1.82) is 0 Å². The highest BCUT2D eigenvalue weighted by Gasteiger charge is 2.15. The van der Waals surface area contributed by atoms with Crippen LogP contribution in [0.2, 0.25) is 5.02 Å². The summed E-state index contributed by atoms with van der Waals surface area (Å²) in [6.45, 7) is 0.0649. The number of hydrogen-bond acceptors (Lipinski definition) is 4. The molecule has 1 rings (SSSR count). The number of amides is 2. The van der Waals surface area contributed by atoms with E-state index in [9.17, 15) is 18.0 Å². The molecule has 1 aromatic carbocycles. The number of rotatable bonds is 6. The second-order valence-electron chi connectivity index (χ2n) is 4.01. The van der Waals surface area contributed by atoms with Gasteiger partial charge in [-0.25, -0.2) is 22.7 Å². The Bertz CT molecular complexity index is 647. The van der Waals surface area contributed by atoms with Gasteiger partial charge >= 0.3 is 12.0 Å². The molecule has 0 saturated carbocycles. The number of carboxylic acids is 1. The van der Waals surface area contributed by atoms with Crippen LogP contribution >= 0.6 is 11.6 Å². The van der Waals surface area contributed by atoms with Gasteiger partial charge in [0.15, 0.2) is 0 Å². The van der Waals surface area contributed by atoms with Crippen LogP contribution in [-0.4, -0.2) is 44.9 Å². The first-order chi connectivity index (χ1) is 9.70. The van der Waals surface area contributed by atoms with Crippen molar-refractivity contribution in [1.82, 2.24) is 10.0 Å². The molecular weight excluding hydrogens is 322 g/mol. The number of halogens is 1. The van der Waals surface area contributed by atoms with Crippen LogP contribution in [0.1, 0.15) is 10.4 Å². The van der Waals surface area contributed by atoms with Crippen molar-refractivity contribution in [2.45, 2.75) is 0 Å². The van der Waals surface area contributed by atoms with Crippen LogP contribution in [0.4, 0.5) is 10.5 Å². The number of carboxylic acid groups (broad SMARTS) is 1. The van der Waals surface area contributed by atoms with Gasteiger partial charge in [-0.05, 0) is 12.1 Å². The normalized spacial score (nSPS) is 11.0. The Morgan fingerprint density at radius 1 is 1.29 bits per heavy atom. The number of aromatic carboxylic acids is 1. The van der Waals surface area contributed by atoms with Crippen molar-refractivity contribution in [2.24, 2.45) is 0 Å². The molecule has 21 heavy (non-hydrogen) atoms. The summed E-state index contributed by atoms with van der Waals surface area (Å²) in [4.78, 5) is 22.6. The van der Waals surface area contributed by atoms with Gasteiger partial charge in [-0.2, -0.15) is 0 Å². The summed E-state index contributed by atoms with van der Waals surface area (Å²) in [5, 5.41) is 13.7. The average Bonchev–Trinajstić information content (AvgIpc) is 2.33. The lowest BCUT2D eigenvalue weighted by Gasteiger charge is -2.11. The lowest BCUT2D eigenvalue weighted by molar-refractivity contribution is 0.0698. The third-order valence-corrected chi connectivity index (χ3v) is 3.29. The molecule has 2 amide bonds. The number of carbonyl (C=O) groups is 2. The van der Waals surface area contributed by atoms with E-state index in [0.717, 1.165) is 6.26 Å². The van der Waals surface area contributed by atoms with Gasteiger partial charge in [0, 0.05) is 13.1 Å². The molecular formula is C11H14ClN3O5S. The van der Waals surface area contributed by atoms with Crippen LogP contribution in [0.5, 0.6) is 0 Å². The first-order valence-electron chi connectivity index (χ1n) is 5.72. The minimum Gasteiger partial charge on any atom is -0.478 e. The molecule has 0 unspecified atom stereocenters. The zero-order valence-electron chi connectivity index (χ0n) is 11.0. The third-order valence-electron chi connectivity index (χ3n) is 2.25. The van der Waals surface area contributed by atoms with E-state index in [1.165, 1.54) is 18.2 Å². The second-order valence-corrected chi connectivity index (χ2v) is 6.26. The van der Waals surface area contributed by atoms with Crippen LogP contribution in [0, 0.1) is 0 Å². The largest absolute Gasteiger partial charge is 0.478 e. The molecule has 0 radical (unpaired) electrons. The summed E-state index contributed by atoms with van der Waals surface area (Å²) < 4.78 is 23.8. The Labute approximate surface area is 126 Å². The van der Waals surface area contributed by atoms with Gasteiger partial charge in [0.1, 0.15) is 5.56 Å². The molecule has 0 spiro atoms. The van der Waals surface area contributed by atoms with Crippen molar-refractivity contribution in [3.63, 3.8) is 0 Å². The molecule has 1 aromatic rings. The molecule has 0 heterocycles. The number of sulfonamides is 1. The van der Waals surface area contributed by atoms with Crippen LogP contribution in [-0.2, 0) is 10.0 Å². The molecule has 0 saturated heterocycles. The number of nitrogens with one attached hydrogen (secondary N) is 3. The van der Waals surface area contributed by atoms with Gasteiger partial charge in [-0.3, -0.25) is 0 Å². The quantitative estimate of drug-likeness (QED) is 0.570. The van der Waals surface area contributed by atoms with Crippen molar-refractivity contribution >= 4 is 39.3 Å². The Balaban J connectivity index is 2.60. The minimum atomic E-state index is -3.32. The summed E-state index contributed by atoms with van der Waals surface area (Å²) in [7, 11) is -3.32. The highest BCUT2D eigenvalue weighted by atomic mass is 35.5. The number of benzene rings is 1. The molecule has 0 aromatic heterocycles. The number of urea groups is 1. The monoisotopic (exact) mass is 335 g/mol. The Hall–Kier alpha value is -1.84. The molecule has 0 aliphatic carbocycles. The maximum Gasteiger partial charge on any atom is 0.339 e. The standard InChI is InChI=1S/C11H14ClN3O5S/c1-21(19,20)14-6-5-13-11(18)15-8-4-2-3-7(12)9(8)10(16)17/h2-4,14H,5-6H2,1H3,(H,16,17)(H2,13,15,18). The number of anilines is 1. The van der Waals surface area contributed by atoms with E-state index in [1.54, 1.807) is 0 Å². The number of carbonyl (C=O) groups excluding carboxylic acids is 1. The van der Waals surface area contributed by atoms with Crippen molar-refractivity contribution < 1.29 is 23.1 Å². The lowest BCUT2D eigenvalue weighted by atomic mass is 10.2. The maximum absolute atomic E-state index is 11.6. The molecule has 8 nitrogen and oxygen atoms in total. The Kier molecular flexibility index (Phi) is 5.94. The van der Waals surface area contributed by atoms with Gasteiger partial charge in [0.2, 0.25) is 10.0 Å². The fraction of sp³-hybridized carbons (Fsp3) is 0.273. The summed E-state index contributed by atoms with van der Waals surface area (Å²) in [5.41, 5.74) is -0.174. The minimum absolute atomic E-state index is 0.000886. The van der Waals surface area contributed by atoms with Gasteiger partial charge in [-0.15, -0.1) is 0 Å². The SMILES string of the molecule is CS(=O)(=O)NCCNC(=O)Nc1cccc(Cl)c1C(=O)O. The van der Waals surface area contributed by atoms with Crippen LogP contribution in [0.25, 0.3) is 0 Å². The topological polar surface area (TPSA) is 125 Å². The summed E-state index contributed by atoms with van der Waals surface area (Å²) in [5.74, 6) is -1.27. The molecule has 116 valence electrons. The zero-order valence-corrected chi connectivity index (χ0v) is 12.6. The van der Waals surface area contributed by atoms with E-state index >= 15 is 0 Å². The fourth-order valence-electron chi connectivity index (χ4n) is 1.42. The van der Waals surface area contributed by atoms with E-state index < -0.39 is 22.0 Å². The summed E-state index contributed by atoms with van der Waals surface area (Å²) in [6, 6.07) is 3.61. The third kappa shape index (κ3) is 5.98. The molecule has 0 bridgehead atoms. The highest BCUT2D eigenvalue weighted by Crippen LogP contribution is 2.24. The van der Waals surface area contributed by atoms with Gasteiger partial charge in [0.05, 0.1) is 17.0 Å². The van der Waals surface area contributed by atoms with E-state index in [1.807, 2.05) is 0 Å². The fourth-order valence-corrected chi connectivity index (χ4v) is 2.15. The van der Waals surface area contributed by atoms with E-state index in [0.29, 0.717) is 0 Å². The lowest BCUT2D eigenvalue weighted by Crippen LogP contribution is -2.36. The Morgan fingerprint density at radius 3 is 2.52 bits per heavy atom. The molecule has 0 atom stereocenters. The molecule has 10 heteroatoms. The van der Waals surface area contributed by atoms with E-state index in [4.69, 9.17) is 16.7 Å². The summed E-state index contributed by atoms with van der Waals surface area (Å²) in [6.07, 6.45) is 0.998. The molecule has 0 aliphatic rings. The van der Waals surface area contributed by atoms with Gasteiger partial charge in [0.25, 0.3) is 0 Å². The first-order valence-corrected chi connectivity index (χ1v) is 7.99. The van der Waals surface area contributed by atoms with Crippen LogP contribution in [0.3, 0.4) is 0 Å². The van der Waals surface area contributed by atoms with Gasteiger partial charge < -0.3 is 15.7 Å². The Morgan fingerprint density at radius 2 is 1.95 bits per heavy atom. The summed E-state index contributed by atoms with van der Waals surface area (Å²) >= 11 is 5.76. The maximum atomic E-state index is 11.6. The second kappa shape index (κ2) is 7.25. The van der Waals surface area contributed by atoms with Crippen molar-refractivity contribution in [3.05, 3.63) is 28.8 Å². The van der Waals surface area contributed by atoms with E-state index in [-0.39, 0.29) is 29.4 Å². The smallest absolute Gasteiger partial charge is 0.339 e. The van der Waals surface area contributed by atoms with Crippen LogP contribution in [0.15, 0.2) is 18.2 Å². The highest BCUT2D eigenvalue weighted by molar-refractivity contribution is 7.88. The average molecular weight is 336 g/mol.